The number of nitrogens with zero attached hydrogens (tertiary/aromatic N) is 2. The van der Waals surface area contributed by atoms with Crippen LogP contribution < -0.4 is 10.5 Å². The standard InChI is InChI=1S/C13H21N3O2/c1-4-10-14-11(7-12(18)15-10)16-6-5-9(17)13(2,3)8-16/h7,9,17H,4-6,8H2,1-3H3,(H,14,15,18). The molecule has 5 heteroatoms. The van der Waals surface area contributed by atoms with Gasteiger partial charge in [0, 0.05) is 31.0 Å². The summed E-state index contributed by atoms with van der Waals surface area (Å²) in [4.78, 5) is 20.8. The number of piperidine rings is 1. The summed E-state index contributed by atoms with van der Waals surface area (Å²) in [5, 5.41) is 9.94. The predicted octanol–water partition coefficient (Wildman–Crippen LogP) is 0.929. The molecule has 1 aromatic heterocycles. The zero-order valence-corrected chi connectivity index (χ0v) is 11.2. The molecule has 1 aliphatic heterocycles. The number of hydrogen-bond donors (Lipinski definition) is 2. The minimum Gasteiger partial charge on any atom is -0.392 e. The Bertz CT molecular complexity index is 481. The third-order valence-corrected chi connectivity index (χ3v) is 3.61. The molecule has 0 saturated carbocycles. The molecule has 1 aromatic rings. The zero-order valence-electron chi connectivity index (χ0n) is 11.2. The Morgan fingerprint density at radius 3 is 2.94 bits per heavy atom. The number of H-pyrrole nitrogens is 1. The average Bonchev–Trinajstić information content (AvgIpc) is 2.31. The van der Waals surface area contributed by atoms with E-state index in [1.807, 2.05) is 20.8 Å². The van der Waals surface area contributed by atoms with Crippen LogP contribution in [0.1, 0.15) is 33.0 Å². The minimum absolute atomic E-state index is 0.110. The van der Waals surface area contributed by atoms with Crippen LogP contribution in [-0.2, 0) is 6.42 Å². The third-order valence-electron chi connectivity index (χ3n) is 3.61. The van der Waals surface area contributed by atoms with Crippen LogP contribution in [0.4, 0.5) is 5.82 Å². The van der Waals surface area contributed by atoms with Crippen molar-refractivity contribution in [3.05, 3.63) is 22.2 Å². The summed E-state index contributed by atoms with van der Waals surface area (Å²) >= 11 is 0. The van der Waals surface area contributed by atoms with E-state index in [4.69, 9.17) is 0 Å². The van der Waals surface area contributed by atoms with Gasteiger partial charge in [0.15, 0.2) is 0 Å². The summed E-state index contributed by atoms with van der Waals surface area (Å²) in [6.45, 7) is 7.50. The van der Waals surface area contributed by atoms with Gasteiger partial charge in [0.2, 0.25) is 0 Å². The zero-order chi connectivity index (χ0) is 13.3. The number of aromatic amines is 1. The highest BCUT2D eigenvalue weighted by atomic mass is 16.3. The van der Waals surface area contributed by atoms with Gasteiger partial charge in [-0.3, -0.25) is 4.79 Å². The van der Waals surface area contributed by atoms with Crippen LogP contribution in [0, 0.1) is 5.41 Å². The van der Waals surface area contributed by atoms with Crippen molar-refractivity contribution in [2.45, 2.75) is 39.7 Å². The van der Waals surface area contributed by atoms with Crippen molar-refractivity contribution in [3.63, 3.8) is 0 Å². The van der Waals surface area contributed by atoms with E-state index in [2.05, 4.69) is 14.9 Å². The number of nitrogens with one attached hydrogen (secondary N) is 1. The summed E-state index contributed by atoms with van der Waals surface area (Å²) in [6, 6.07) is 1.53. The fourth-order valence-corrected chi connectivity index (χ4v) is 2.36. The largest absolute Gasteiger partial charge is 0.392 e. The molecule has 2 N–H and O–H groups in total. The number of hydrogen-bond acceptors (Lipinski definition) is 4. The highest BCUT2D eigenvalue weighted by molar-refractivity contribution is 5.38. The summed E-state index contributed by atoms with van der Waals surface area (Å²) in [6.07, 6.45) is 1.13. The van der Waals surface area contributed by atoms with Crippen molar-refractivity contribution >= 4 is 5.82 Å². The molecule has 0 radical (unpaired) electrons. The molecule has 0 aromatic carbocycles. The van der Waals surface area contributed by atoms with Gasteiger partial charge < -0.3 is 15.0 Å². The molecule has 1 atom stereocenters. The van der Waals surface area contributed by atoms with Crippen LogP contribution in [0.25, 0.3) is 0 Å². The summed E-state index contributed by atoms with van der Waals surface area (Å²) in [5.41, 5.74) is -0.282. The van der Waals surface area contributed by atoms with Crippen LogP contribution in [0.15, 0.2) is 10.9 Å². The average molecular weight is 251 g/mol. The van der Waals surface area contributed by atoms with E-state index in [0.29, 0.717) is 25.2 Å². The molecule has 1 aliphatic rings. The van der Waals surface area contributed by atoms with E-state index >= 15 is 0 Å². The summed E-state index contributed by atoms with van der Waals surface area (Å²) in [7, 11) is 0. The maximum atomic E-state index is 11.6. The minimum atomic E-state index is -0.290. The number of aryl methyl sites for hydroxylation is 1. The Labute approximate surface area is 107 Å². The lowest BCUT2D eigenvalue weighted by molar-refractivity contribution is 0.0334. The first kappa shape index (κ1) is 13.1. The van der Waals surface area contributed by atoms with Gasteiger partial charge in [-0.15, -0.1) is 0 Å². The van der Waals surface area contributed by atoms with Crippen LogP contribution in [-0.4, -0.2) is 34.3 Å². The maximum absolute atomic E-state index is 11.6. The highest BCUT2D eigenvalue weighted by Gasteiger charge is 2.35. The quantitative estimate of drug-likeness (QED) is 0.820. The van der Waals surface area contributed by atoms with Crippen molar-refractivity contribution in [2.75, 3.05) is 18.0 Å². The van der Waals surface area contributed by atoms with Gasteiger partial charge in [-0.1, -0.05) is 20.8 Å². The fourth-order valence-electron chi connectivity index (χ4n) is 2.36. The molecule has 2 heterocycles. The maximum Gasteiger partial charge on any atom is 0.252 e. The van der Waals surface area contributed by atoms with E-state index in [-0.39, 0.29) is 17.1 Å². The topological polar surface area (TPSA) is 69.2 Å². The van der Waals surface area contributed by atoms with Gasteiger partial charge in [-0.25, -0.2) is 4.98 Å². The molecule has 1 saturated heterocycles. The molecule has 0 aliphatic carbocycles. The Hall–Kier alpha value is -1.36. The van der Waals surface area contributed by atoms with Gasteiger partial charge >= 0.3 is 0 Å². The summed E-state index contributed by atoms with van der Waals surface area (Å²) < 4.78 is 0. The van der Waals surface area contributed by atoms with E-state index in [1.54, 1.807) is 0 Å². The lowest BCUT2D eigenvalue weighted by atomic mass is 9.81. The van der Waals surface area contributed by atoms with Crippen molar-refractivity contribution in [3.8, 4) is 0 Å². The Morgan fingerprint density at radius 1 is 1.61 bits per heavy atom. The van der Waals surface area contributed by atoms with E-state index in [9.17, 15) is 9.90 Å². The predicted molar refractivity (Wildman–Crippen MR) is 70.9 cm³/mol. The molecule has 0 amide bonds. The monoisotopic (exact) mass is 251 g/mol. The molecule has 2 rings (SSSR count). The number of rotatable bonds is 2. The SMILES string of the molecule is CCc1nc(N2CCC(O)C(C)(C)C2)cc(=O)[nH]1. The molecule has 100 valence electrons. The van der Waals surface area contributed by atoms with Gasteiger partial charge in [0.1, 0.15) is 11.6 Å². The first-order valence-corrected chi connectivity index (χ1v) is 6.45. The first-order valence-electron chi connectivity index (χ1n) is 6.45. The fraction of sp³-hybridized carbons (Fsp3) is 0.692. The van der Waals surface area contributed by atoms with E-state index in [0.717, 1.165) is 12.4 Å². The van der Waals surface area contributed by atoms with Gasteiger partial charge in [0.05, 0.1) is 6.10 Å². The van der Waals surface area contributed by atoms with Crippen molar-refractivity contribution in [2.24, 2.45) is 5.41 Å². The van der Waals surface area contributed by atoms with Crippen LogP contribution >= 0.6 is 0 Å². The first-order chi connectivity index (χ1) is 8.42. The number of aliphatic hydroxyl groups is 1. The lowest BCUT2D eigenvalue weighted by Gasteiger charge is -2.42. The van der Waals surface area contributed by atoms with E-state index < -0.39 is 0 Å². The number of anilines is 1. The molecule has 18 heavy (non-hydrogen) atoms. The molecular formula is C13H21N3O2. The molecule has 5 nitrogen and oxygen atoms in total. The Balaban J connectivity index is 2.27. The van der Waals surface area contributed by atoms with Crippen LogP contribution in [0.2, 0.25) is 0 Å². The highest BCUT2D eigenvalue weighted by Crippen LogP contribution is 2.30. The smallest absolute Gasteiger partial charge is 0.252 e. The van der Waals surface area contributed by atoms with Gasteiger partial charge in [0.25, 0.3) is 5.56 Å². The second kappa shape index (κ2) is 4.72. The molecule has 1 fully saturated rings. The number of aromatic nitrogens is 2. The van der Waals surface area contributed by atoms with Gasteiger partial charge in [-0.05, 0) is 6.42 Å². The van der Waals surface area contributed by atoms with Crippen molar-refractivity contribution in [1.82, 2.24) is 9.97 Å². The Kier molecular flexibility index (Phi) is 3.43. The van der Waals surface area contributed by atoms with Crippen LogP contribution in [0.3, 0.4) is 0 Å². The number of aliphatic hydroxyl groups excluding tert-OH is 1. The summed E-state index contributed by atoms with van der Waals surface area (Å²) in [5.74, 6) is 1.43. The van der Waals surface area contributed by atoms with Crippen molar-refractivity contribution in [1.29, 1.82) is 0 Å². The third kappa shape index (κ3) is 2.56. The molecule has 1 unspecified atom stereocenters. The second-order valence-electron chi connectivity index (χ2n) is 5.62. The van der Waals surface area contributed by atoms with E-state index in [1.165, 1.54) is 6.07 Å². The molecule has 0 spiro atoms. The van der Waals surface area contributed by atoms with Crippen LogP contribution in [0.5, 0.6) is 0 Å². The normalized spacial score (nSPS) is 23.1. The van der Waals surface area contributed by atoms with Gasteiger partial charge in [-0.2, -0.15) is 0 Å². The molecular weight excluding hydrogens is 230 g/mol. The Morgan fingerprint density at radius 2 is 2.33 bits per heavy atom. The molecule has 0 bridgehead atoms. The lowest BCUT2D eigenvalue weighted by Crippen LogP contribution is -2.49. The van der Waals surface area contributed by atoms with Crippen molar-refractivity contribution < 1.29 is 5.11 Å². The second-order valence-corrected chi connectivity index (χ2v) is 5.62.